The zero-order valence-electron chi connectivity index (χ0n) is 9.65. The van der Waals surface area contributed by atoms with Crippen LogP contribution in [-0.4, -0.2) is 36.1 Å². The van der Waals surface area contributed by atoms with Crippen molar-refractivity contribution >= 4 is 0 Å². The number of piperidine rings is 1. The first-order valence-electron chi connectivity index (χ1n) is 6.48. The molecule has 2 heteroatoms. The van der Waals surface area contributed by atoms with Crippen molar-refractivity contribution in [1.29, 1.82) is 0 Å². The second-order valence-electron chi connectivity index (χ2n) is 5.39. The number of fused-ring (bicyclic) bond motifs is 2. The zero-order valence-corrected chi connectivity index (χ0v) is 9.65. The van der Waals surface area contributed by atoms with E-state index in [9.17, 15) is 0 Å². The normalized spacial score (nSPS) is 41.5. The molecule has 2 heterocycles. The first kappa shape index (κ1) is 9.86. The van der Waals surface area contributed by atoms with Crippen LogP contribution in [0.15, 0.2) is 12.2 Å². The topological polar surface area (TPSA) is 15.3 Å². The van der Waals surface area contributed by atoms with Crippen molar-refractivity contribution in [2.45, 2.75) is 62.7 Å². The summed E-state index contributed by atoms with van der Waals surface area (Å²) in [5.41, 5.74) is 0. The summed E-state index contributed by atoms with van der Waals surface area (Å²) in [6.07, 6.45) is 13.0. The molecule has 1 N–H and O–H groups in total. The summed E-state index contributed by atoms with van der Waals surface area (Å²) in [6, 6.07) is 3.39. The van der Waals surface area contributed by atoms with Crippen LogP contribution >= 0.6 is 0 Å². The lowest BCUT2D eigenvalue weighted by atomic mass is 9.95. The van der Waals surface area contributed by atoms with Gasteiger partial charge in [-0.25, -0.2) is 0 Å². The summed E-state index contributed by atoms with van der Waals surface area (Å²) < 4.78 is 0. The average molecular weight is 206 g/mol. The maximum atomic E-state index is 3.47. The van der Waals surface area contributed by atoms with E-state index in [-0.39, 0.29) is 0 Å². The maximum absolute atomic E-state index is 3.47. The van der Waals surface area contributed by atoms with Crippen LogP contribution in [-0.2, 0) is 0 Å². The molecule has 0 radical (unpaired) electrons. The van der Waals surface area contributed by atoms with Gasteiger partial charge in [0.2, 0.25) is 0 Å². The fourth-order valence-corrected chi connectivity index (χ4v) is 3.89. The molecule has 0 aromatic carbocycles. The number of hydrogen-bond donors (Lipinski definition) is 1. The molecular weight excluding hydrogens is 184 g/mol. The molecule has 2 bridgehead atoms. The lowest BCUT2D eigenvalue weighted by Gasteiger charge is -2.42. The van der Waals surface area contributed by atoms with Crippen molar-refractivity contribution in [2.24, 2.45) is 0 Å². The van der Waals surface area contributed by atoms with Crippen molar-refractivity contribution in [3.63, 3.8) is 0 Å². The van der Waals surface area contributed by atoms with Gasteiger partial charge in [0.15, 0.2) is 0 Å². The van der Waals surface area contributed by atoms with Crippen molar-refractivity contribution in [3.05, 3.63) is 12.2 Å². The van der Waals surface area contributed by atoms with Crippen molar-refractivity contribution in [2.75, 3.05) is 7.05 Å². The highest BCUT2D eigenvalue weighted by Crippen LogP contribution is 2.39. The summed E-state index contributed by atoms with van der Waals surface area (Å²) in [5.74, 6) is 0. The Morgan fingerprint density at radius 1 is 1.00 bits per heavy atom. The third-order valence-electron chi connectivity index (χ3n) is 4.60. The van der Waals surface area contributed by atoms with Gasteiger partial charge in [-0.1, -0.05) is 12.2 Å². The van der Waals surface area contributed by atoms with Crippen LogP contribution < -0.4 is 5.32 Å². The van der Waals surface area contributed by atoms with E-state index >= 15 is 0 Å². The molecule has 0 spiro atoms. The number of hydrogen-bond acceptors (Lipinski definition) is 2. The molecule has 84 valence electrons. The van der Waals surface area contributed by atoms with E-state index in [0.717, 1.165) is 24.2 Å². The lowest BCUT2D eigenvalue weighted by Crippen LogP contribution is -2.51. The molecule has 3 rings (SSSR count). The van der Waals surface area contributed by atoms with Crippen LogP contribution in [0.2, 0.25) is 0 Å². The van der Waals surface area contributed by atoms with E-state index < -0.39 is 0 Å². The Balaban J connectivity index is 1.71. The third kappa shape index (κ3) is 1.64. The second kappa shape index (κ2) is 3.91. The molecule has 0 saturated carbocycles. The van der Waals surface area contributed by atoms with Gasteiger partial charge in [0.25, 0.3) is 0 Å². The molecular formula is C13H22N2. The molecule has 1 aliphatic carbocycles. The highest BCUT2D eigenvalue weighted by Gasteiger charge is 2.43. The molecule has 0 aromatic rings. The summed E-state index contributed by atoms with van der Waals surface area (Å²) in [7, 11) is 2.12. The Bertz CT molecular complexity index is 239. The van der Waals surface area contributed by atoms with Gasteiger partial charge >= 0.3 is 0 Å². The fraction of sp³-hybridized carbons (Fsp3) is 0.846. The molecule has 2 aliphatic heterocycles. The summed E-state index contributed by atoms with van der Waals surface area (Å²) in [4.78, 5) is 2.86. The molecule has 2 fully saturated rings. The van der Waals surface area contributed by atoms with Crippen molar-refractivity contribution in [1.82, 2.24) is 10.2 Å². The lowest BCUT2D eigenvalue weighted by molar-refractivity contribution is 0.0765. The Labute approximate surface area is 92.7 Å². The molecule has 3 aliphatic rings. The summed E-state index contributed by atoms with van der Waals surface area (Å²) in [6.45, 7) is 0. The fourth-order valence-electron chi connectivity index (χ4n) is 3.89. The van der Waals surface area contributed by atoms with Gasteiger partial charge in [0.05, 0.1) is 0 Å². The van der Waals surface area contributed by atoms with E-state index in [0.29, 0.717) is 0 Å². The van der Waals surface area contributed by atoms with E-state index in [4.69, 9.17) is 0 Å². The van der Waals surface area contributed by atoms with Crippen LogP contribution in [0.1, 0.15) is 38.5 Å². The molecule has 2 atom stereocenters. The Hall–Kier alpha value is -0.340. The number of nitrogens with one attached hydrogen (secondary N) is 1. The van der Waals surface area contributed by atoms with Gasteiger partial charge in [-0.15, -0.1) is 0 Å². The highest BCUT2D eigenvalue weighted by molar-refractivity contribution is 5.06. The van der Waals surface area contributed by atoms with Crippen LogP contribution in [0.5, 0.6) is 0 Å². The predicted octanol–water partition coefficient (Wildman–Crippen LogP) is 1.92. The first-order valence-corrected chi connectivity index (χ1v) is 6.48. The van der Waals surface area contributed by atoms with Gasteiger partial charge < -0.3 is 5.32 Å². The Kier molecular flexibility index (Phi) is 2.57. The van der Waals surface area contributed by atoms with E-state index in [1.54, 1.807) is 0 Å². The minimum atomic E-state index is 0.785. The van der Waals surface area contributed by atoms with Crippen LogP contribution in [0.25, 0.3) is 0 Å². The predicted molar refractivity (Wildman–Crippen MR) is 62.9 cm³/mol. The van der Waals surface area contributed by atoms with Gasteiger partial charge in [-0.2, -0.15) is 0 Å². The van der Waals surface area contributed by atoms with Crippen molar-refractivity contribution in [3.8, 4) is 0 Å². The second-order valence-corrected chi connectivity index (χ2v) is 5.39. The van der Waals surface area contributed by atoms with E-state index in [2.05, 4.69) is 29.4 Å². The van der Waals surface area contributed by atoms with Crippen molar-refractivity contribution < 1.29 is 0 Å². The maximum Gasteiger partial charge on any atom is 0.0170 e. The summed E-state index contributed by atoms with van der Waals surface area (Å²) >= 11 is 0. The third-order valence-corrected chi connectivity index (χ3v) is 4.60. The SMILES string of the molecule is CNC1CC2CCC(C1)N2C1CC=CC1. The van der Waals surface area contributed by atoms with Crippen LogP contribution in [0.3, 0.4) is 0 Å². The number of rotatable bonds is 2. The number of nitrogens with zero attached hydrogens (tertiary/aromatic N) is 1. The standard InChI is InChI=1S/C13H22N2/c1-14-10-8-12-6-7-13(9-10)15(12)11-4-2-3-5-11/h2-3,10-14H,4-9H2,1H3. The summed E-state index contributed by atoms with van der Waals surface area (Å²) in [5, 5.41) is 3.47. The van der Waals surface area contributed by atoms with Gasteiger partial charge in [-0.05, 0) is 45.6 Å². The zero-order chi connectivity index (χ0) is 10.3. The molecule has 15 heavy (non-hydrogen) atoms. The quantitative estimate of drug-likeness (QED) is 0.694. The van der Waals surface area contributed by atoms with Gasteiger partial charge in [0.1, 0.15) is 0 Å². The van der Waals surface area contributed by atoms with E-state index in [1.165, 1.54) is 38.5 Å². The highest BCUT2D eigenvalue weighted by atomic mass is 15.3. The minimum absolute atomic E-state index is 0.785. The van der Waals surface area contributed by atoms with Crippen LogP contribution in [0, 0.1) is 0 Å². The first-order chi connectivity index (χ1) is 7.38. The molecule has 0 aromatic heterocycles. The molecule has 2 nitrogen and oxygen atoms in total. The molecule has 2 saturated heterocycles. The minimum Gasteiger partial charge on any atom is -0.317 e. The van der Waals surface area contributed by atoms with Crippen LogP contribution in [0.4, 0.5) is 0 Å². The monoisotopic (exact) mass is 206 g/mol. The van der Waals surface area contributed by atoms with Gasteiger partial charge in [0, 0.05) is 24.2 Å². The Morgan fingerprint density at radius 2 is 1.60 bits per heavy atom. The molecule has 0 amide bonds. The Morgan fingerprint density at radius 3 is 2.13 bits per heavy atom. The van der Waals surface area contributed by atoms with E-state index in [1.807, 2.05) is 0 Å². The average Bonchev–Trinajstić information content (AvgIpc) is 2.84. The smallest absolute Gasteiger partial charge is 0.0170 e. The van der Waals surface area contributed by atoms with Gasteiger partial charge in [-0.3, -0.25) is 4.90 Å². The molecule has 2 unspecified atom stereocenters. The largest absolute Gasteiger partial charge is 0.317 e.